The molecule has 0 saturated heterocycles. The van der Waals surface area contributed by atoms with Crippen LogP contribution in [0.4, 0.5) is 10.2 Å². The third-order valence-electron chi connectivity index (χ3n) is 3.18. The number of nitrogens with zero attached hydrogens (tertiary/aromatic N) is 2. The van der Waals surface area contributed by atoms with Gasteiger partial charge in [-0.25, -0.2) is 9.37 Å². The van der Waals surface area contributed by atoms with E-state index in [4.69, 9.17) is 17.3 Å². The van der Waals surface area contributed by atoms with Gasteiger partial charge in [0.1, 0.15) is 23.2 Å². The molecule has 5 heteroatoms. The molecule has 2 aromatic rings. The van der Waals surface area contributed by atoms with Gasteiger partial charge in [0.2, 0.25) is 0 Å². The lowest BCUT2D eigenvalue weighted by atomic mass is 10.1. The van der Waals surface area contributed by atoms with Crippen LogP contribution in [0, 0.1) is 5.82 Å². The van der Waals surface area contributed by atoms with Gasteiger partial charge in [-0.2, -0.15) is 0 Å². The third-order valence-corrected chi connectivity index (χ3v) is 3.42. The first-order valence-corrected chi connectivity index (χ1v) is 7.14. The molecule has 3 nitrogen and oxygen atoms in total. The van der Waals surface area contributed by atoms with Gasteiger partial charge in [-0.3, -0.25) is 0 Å². The highest BCUT2D eigenvalue weighted by molar-refractivity contribution is 6.30. The molecule has 1 heterocycles. The highest BCUT2D eigenvalue weighted by atomic mass is 35.5. The number of hydrogen-bond acceptors (Lipinski definition) is 2. The van der Waals surface area contributed by atoms with Crippen LogP contribution in [0.5, 0.6) is 0 Å². The van der Waals surface area contributed by atoms with Crippen molar-refractivity contribution in [3.8, 4) is 11.3 Å². The zero-order chi connectivity index (χ0) is 14.9. The second-order valence-corrected chi connectivity index (χ2v) is 5.57. The van der Waals surface area contributed by atoms with Crippen molar-refractivity contribution < 1.29 is 4.39 Å². The summed E-state index contributed by atoms with van der Waals surface area (Å²) < 4.78 is 16.0. The molecule has 0 amide bonds. The molecular formula is C15H19ClFN3. The number of aromatic nitrogens is 2. The van der Waals surface area contributed by atoms with Crippen molar-refractivity contribution in [2.24, 2.45) is 0 Å². The molecule has 1 aromatic carbocycles. The lowest BCUT2D eigenvalue weighted by molar-refractivity contribution is 0.616. The fraction of sp³-hybridized carbons (Fsp3) is 0.400. The van der Waals surface area contributed by atoms with E-state index in [2.05, 4.69) is 11.9 Å². The minimum atomic E-state index is -0.363. The maximum absolute atomic E-state index is 14.0. The number of anilines is 1. The number of nitrogens with two attached hydrogens (primary N) is 1. The van der Waals surface area contributed by atoms with Crippen LogP contribution in [0.15, 0.2) is 18.2 Å². The molecule has 1 aromatic heterocycles. The van der Waals surface area contributed by atoms with Crippen LogP contribution in [0.25, 0.3) is 11.3 Å². The van der Waals surface area contributed by atoms with Crippen LogP contribution >= 0.6 is 11.6 Å². The Morgan fingerprint density at radius 1 is 1.40 bits per heavy atom. The molecule has 0 saturated carbocycles. The number of halogens is 2. The van der Waals surface area contributed by atoms with Crippen LogP contribution < -0.4 is 5.73 Å². The Bertz CT molecular complexity index is 620. The zero-order valence-corrected chi connectivity index (χ0v) is 12.7. The van der Waals surface area contributed by atoms with E-state index in [1.807, 2.05) is 18.4 Å². The SMILES string of the molecule is CCCn1c(C(C)C)nc(-c2cc(Cl)ccc2F)c1N. The number of hydrogen-bond donors (Lipinski definition) is 1. The van der Waals surface area contributed by atoms with E-state index in [0.29, 0.717) is 22.1 Å². The Morgan fingerprint density at radius 3 is 2.70 bits per heavy atom. The molecule has 20 heavy (non-hydrogen) atoms. The Morgan fingerprint density at radius 2 is 2.10 bits per heavy atom. The first kappa shape index (κ1) is 14.9. The predicted molar refractivity (Wildman–Crippen MR) is 81.4 cm³/mol. The van der Waals surface area contributed by atoms with Gasteiger partial charge in [0.05, 0.1) is 0 Å². The predicted octanol–water partition coefficient (Wildman–Crippen LogP) is 4.46. The Labute approximate surface area is 123 Å². The molecule has 0 unspecified atom stereocenters. The Balaban J connectivity index is 2.63. The standard InChI is InChI=1S/C15H19ClFN3/c1-4-7-20-14(18)13(19-15(20)9(2)3)11-8-10(16)5-6-12(11)17/h5-6,8-9H,4,7,18H2,1-3H3. The number of nitrogen functional groups attached to an aromatic ring is 1. The van der Waals surface area contributed by atoms with E-state index in [-0.39, 0.29) is 11.7 Å². The van der Waals surface area contributed by atoms with Crippen molar-refractivity contribution in [2.75, 3.05) is 5.73 Å². The minimum Gasteiger partial charge on any atom is -0.383 e. The normalized spacial score (nSPS) is 11.3. The molecule has 0 atom stereocenters. The van der Waals surface area contributed by atoms with Crippen LogP contribution in [-0.4, -0.2) is 9.55 Å². The Hall–Kier alpha value is -1.55. The molecule has 108 valence electrons. The first-order valence-electron chi connectivity index (χ1n) is 6.77. The summed E-state index contributed by atoms with van der Waals surface area (Å²) in [5.74, 6) is 1.23. The highest BCUT2D eigenvalue weighted by Crippen LogP contribution is 2.32. The molecule has 0 aliphatic rings. The van der Waals surface area contributed by atoms with Crippen molar-refractivity contribution in [2.45, 2.75) is 39.7 Å². The van der Waals surface area contributed by atoms with E-state index in [1.165, 1.54) is 12.1 Å². The monoisotopic (exact) mass is 295 g/mol. The topological polar surface area (TPSA) is 43.8 Å². The molecule has 0 aliphatic carbocycles. The number of imidazole rings is 1. The van der Waals surface area contributed by atoms with Crippen molar-refractivity contribution in [3.63, 3.8) is 0 Å². The molecule has 2 rings (SSSR count). The van der Waals surface area contributed by atoms with E-state index >= 15 is 0 Å². The second kappa shape index (κ2) is 5.83. The summed E-state index contributed by atoms with van der Waals surface area (Å²) in [6.45, 7) is 6.94. The van der Waals surface area contributed by atoms with Crippen molar-refractivity contribution in [1.82, 2.24) is 9.55 Å². The summed E-state index contributed by atoms with van der Waals surface area (Å²) in [6, 6.07) is 4.42. The lowest BCUT2D eigenvalue weighted by Crippen LogP contribution is -2.08. The van der Waals surface area contributed by atoms with Gasteiger partial charge >= 0.3 is 0 Å². The quantitative estimate of drug-likeness (QED) is 0.905. The highest BCUT2D eigenvalue weighted by Gasteiger charge is 2.20. The molecule has 0 radical (unpaired) electrons. The van der Waals surface area contributed by atoms with Crippen LogP contribution in [-0.2, 0) is 6.54 Å². The summed E-state index contributed by atoms with van der Waals surface area (Å²) in [5, 5.41) is 0.469. The average Bonchev–Trinajstić information content (AvgIpc) is 2.71. The molecular weight excluding hydrogens is 277 g/mol. The van der Waals surface area contributed by atoms with Gasteiger partial charge < -0.3 is 10.3 Å². The van der Waals surface area contributed by atoms with E-state index in [9.17, 15) is 4.39 Å². The first-order chi connectivity index (χ1) is 9.45. The summed E-state index contributed by atoms with van der Waals surface area (Å²) in [6.07, 6.45) is 0.942. The third kappa shape index (κ3) is 2.66. The van der Waals surface area contributed by atoms with Gasteiger partial charge in [-0.05, 0) is 24.6 Å². The molecule has 0 spiro atoms. The smallest absolute Gasteiger partial charge is 0.132 e. The molecule has 2 N–H and O–H groups in total. The van der Waals surface area contributed by atoms with E-state index < -0.39 is 0 Å². The van der Waals surface area contributed by atoms with Crippen molar-refractivity contribution >= 4 is 17.4 Å². The largest absolute Gasteiger partial charge is 0.383 e. The second-order valence-electron chi connectivity index (χ2n) is 5.13. The molecule has 0 bridgehead atoms. The maximum atomic E-state index is 14.0. The van der Waals surface area contributed by atoms with Gasteiger partial charge in [-0.1, -0.05) is 32.4 Å². The summed E-state index contributed by atoms with van der Waals surface area (Å²) in [5.41, 5.74) is 7.00. The van der Waals surface area contributed by atoms with Gasteiger partial charge in [-0.15, -0.1) is 0 Å². The lowest BCUT2D eigenvalue weighted by Gasteiger charge is -2.10. The van der Waals surface area contributed by atoms with Crippen LogP contribution in [0.3, 0.4) is 0 Å². The van der Waals surface area contributed by atoms with Crippen molar-refractivity contribution in [1.29, 1.82) is 0 Å². The minimum absolute atomic E-state index is 0.222. The maximum Gasteiger partial charge on any atom is 0.132 e. The Kier molecular flexibility index (Phi) is 4.33. The van der Waals surface area contributed by atoms with Crippen molar-refractivity contribution in [3.05, 3.63) is 34.9 Å². The van der Waals surface area contributed by atoms with Crippen LogP contribution in [0.1, 0.15) is 38.9 Å². The zero-order valence-electron chi connectivity index (χ0n) is 12.0. The fourth-order valence-corrected chi connectivity index (χ4v) is 2.43. The fourth-order valence-electron chi connectivity index (χ4n) is 2.26. The van der Waals surface area contributed by atoms with Gasteiger partial charge in [0, 0.05) is 23.0 Å². The van der Waals surface area contributed by atoms with E-state index in [1.54, 1.807) is 6.07 Å². The summed E-state index contributed by atoms with van der Waals surface area (Å²) >= 11 is 5.95. The van der Waals surface area contributed by atoms with Gasteiger partial charge in [0.15, 0.2) is 0 Å². The summed E-state index contributed by atoms with van der Waals surface area (Å²) in [7, 11) is 0. The number of rotatable bonds is 4. The summed E-state index contributed by atoms with van der Waals surface area (Å²) in [4.78, 5) is 4.54. The van der Waals surface area contributed by atoms with E-state index in [0.717, 1.165) is 18.8 Å². The number of benzene rings is 1. The van der Waals surface area contributed by atoms with Crippen LogP contribution in [0.2, 0.25) is 5.02 Å². The van der Waals surface area contributed by atoms with Gasteiger partial charge in [0.25, 0.3) is 0 Å². The average molecular weight is 296 g/mol. The molecule has 0 fully saturated rings. The molecule has 0 aliphatic heterocycles.